The van der Waals surface area contributed by atoms with Crippen molar-refractivity contribution >= 4 is 17.7 Å². The van der Waals surface area contributed by atoms with Gasteiger partial charge < -0.3 is 18.8 Å². The molecular formula is C17H24N2O4S. The Morgan fingerprint density at radius 2 is 2.25 bits per heavy atom. The summed E-state index contributed by atoms with van der Waals surface area (Å²) >= 11 is 1.96. The van der Waals surface area contributed by atoms with Gasteiger partial charge in [-0.05, 0) is 32.1 Å². The number of rotatable bonds is 4. The number of ether oxygens (including phenoxy) is 2. The highest BCUT2D eigenvalue weighted by molar-refractivity contribution is 8.01. The molecule has 1 amide bonds. The minimum absolute atomic E-state index is 0.0391. The summed E-state index contributed by atoms with van der Waals surface area (Å²) < 4.78 is 16.9. The van der Waals surface area contributed by atoms with Crippen molar-refractivity contribution < 1.29 is 18.7 Å². The van der Waals surface area contributed by atoms with Crippen LogP contribution >= 0.6 is 11.8 Å². The summed E-state index contributed by atoms with van der Waals surface area (Å²) in [4.78, 5) is 18.3. The largest absolute Gasteiger partial charge is 0.438 e. The molecule has 3 saturated heterocycles. The smallest absolute Gasteiger partial charge is 0.291 e. The highest BCUT2D eigenvalue weighted by atomic mass is 32.2. The van der Waals surface area contributed by atoms with Gasteiger partial charge in [0, 0.05) is 38.7 Å². The molecule has 7 heteroatoms. The van der Waals surface area contributed by atoms with Crippen molar-refractivity contribution in [2.24, 2.45) is 5.92 Å². The average molecular weight is 352 g/mol. The first-order chi connectivity index (χ1) is 11.7. The van der Waals surface area contributed by atoms with Gasteiger partial charge in [0.2, 0.25) is 5.76 Å². The van der Waals surface area contributed by atoms with Crippen molar-refractivity contribution in [3.63, 3.8) is 0 Å². The Hall–Kier alpha value is -1.05. The van der Waals surface area contributed by atoms with Crippen molar-refractivity contribution in [3.05, 3.63) is 17.8 Å². The second kappa shape index (κ2) is 6.69. The summed E-state index contributed by atoms with van der Waals surface area (Å²) in [7, 11) is 0. The van der Waals surface area contributed by atoms with Crippen LogP contribution in [0.25, 0.3) is 0 Å². The van der Waals surface area contributed by atoms with E-state index in [1.54, 1.807) is 6.92 Å². The first kappa shape index (κ1) is 16.4. The van der Waals surface area contributed by atoms with E-state index in [-0.39, 0.29) is 10.7 Å². The van der Waals surface area contributed by atoms with Crippen LogP contribution in [0.2, 0.25) is 0 Å². The van der Waals surface area contributed by atoms with Crippen LogP contribution in [0.5, 0.6) is 0 Å². The Balaban J connectivity index is 1.24. The van der Waals surface area contributed by atoms with Crippen molar-refractivity contribution in [1.82, 2.24) is 9.88 Å². The lowest BCUT2D eigenvalue weighted by Gasteiger charge is -2.47. The fourth-order valence-electron chi connectivity index (χ4n) is 3.76. The van der Waals surface area contributed by atoms with Gasteiger partial charge in [0.1, 0.15) is 0 Å². The molecule has 0 N–H and O–H groups in total. The summed E-state index contributed by atoms with van der Waals surface area (Å²) in [5.74, 6) is 2.02. The molecule has 24 heavy (non-hydrogen) atoms. The van der Waals surface area contributed by atoms with E-state index in [1.807, 2.05) is 16.7 Å². The molecule has 0 radical (unpaired) electrons. The van der Waals surface area contributed by atoms with Crippen LogP contribution in [0, 0.1) is 12.8 Å². The molecule has 4 rings (SSSR count). The summed E-state index contributed by atoms with van der Waals surface area (Å²) in [6, 6.07) is 0. The molecule has 0 saturated carbocycles. The normalized spacial score (nSPS) is 26.7. The SMILES string of the molecule is Cc1ncoc1C(=O)N1CC2(C[C@H](OCC3CCOCC3)CS2)C1. The molecule has 1 aromatic heterocycles. The van der Waals surface area contributed by atoms with Crippen LogP contribution in [-0.2, 0) is 9.47 Å². The molecule has 0 unspecified atom stereocenters. The molecule has 3 fully saturated rings. The minimum atomic E-state index is -0.0391. The maximum absolute atomic E-state index is 12.4. The van der Waals surface area contributed by atoms with Crippen molar-refractivity contribution in [2.45, 2.75) is 37.0 Å². The van der Waals surface area contributed by atoms with Crippen molar-refractivity contribution in [2.75, 3.05) is 38.7 Å². The third-order valence-corrected chi connectivity index (χ3v) is 6.84. The van der Waals surface area contributed by atoms with E-state index in [9.17, 15) is 4.79 Å². The van der Waals surface area contributed by atoms with Gasteiger partial charge in [0.15, 0.2) is 6.39 Å². The lowest BCUT2D eigenvalue weighted by molar-refractivity contribution is -0.0120. The monoisotopic (exact) mass is 352 g/mol. The molecule has 0 aliphatic carbocycles. The van der Waals surface area contributed by atoms with Gasteiger partial charge in [0.05, 0.1) is 16.5 Å². The maximum atomic E-state index is 12.4. The number of oxazole rings is 1. The topological polar surface area (TPSA) is 64.8 Å². The summed E-state index contributed by atoms with van der Waals surface area (Å²) in [6.45, 7) is 5.97. The van der Waals surface area contributed by atoms with E-state index >= 15 is 0 Å². The number of aryl methyl sites for hydroxylation is 1. The van der Waals surface area contributed by atoms with Crippen LogP contribution < -0.4 is 0 Å². The van der Waals surface area contributed by atoms with Gasteiger partial charge in [-0.1, -0.05) is 0 Å². The van der Waals surface area contributed by atoms with Crippen molar-refractivity contribution in [3.8, 4) is 0 Å². The molecule has 4 heterocycles. The number of aromatic nitrogens is 1. The molecular weight excluding hydrogens is 328 g/mol. The maximum Gasteiger partial charge on any atom is 0.291 e. The van der Waals surface area contributed by atoms with E-state index in [4.69, 9.17) is 13.9 Å². The zero-order chi connectivity index (χ0) is 16.6. The molecule has 3 aliphatic heterocycles. The van der Waals surface area contributed by atoms with Gasteiger partial charge in [-0.2, -0.15) is 0 Å². The Kier molecular flexibility index (Phi) is 4.58. The highest BCUT2D eigenvalue weighted by Gasteiger charge is 2.51. The number of carbonyl (C=O) groups is 1. The molecule has 3 aliphatic rings. The van der Waals surface area contributed by atoms with E-state index in [2.05, 4.69) is 4.98 Å². The van der Waals surface area contributed by atoms with Crippen LogP contribution in [0.4, 0.5) is 0 Å². The van der Waals surface area contributed by atoms with Crippen LogP contribution in [-0.4, -0.2) is 65.3 Å². The summed E-state index contributed by atoms with van der Waals surface area (Å²) in [5, 5.41) is 0. The van der Waals surface area contributed by atoms with Crippen LogP contribution in [0.3, 0.4) is 0 Å². The van der Waals surface area contributed by atoms with Crippen LogP contribution in [0.1, 0.15) is 35.5 Å². The van der Waals surface area contributed by atoms with E-state index in [0.717, 1.165) is 57.9 Å². The van der Waals surface area contributed by atoms with Gasteiger partial charge in [-0.3, -0.25) is 4.79 Å². The first-order valence-electron chi connectivity index (χ1n) is 8.68. The van der Waals surface area contributed by atoms with Gasteiger partial charge in [-0.15, -0.1) is 11.8 Å². The predicted molar refractivity (Wildman–Crippen MR) is 90.2 cm³/mol. The third-order valence-electron chi connectivity index (χ3n) is 5.27. The molecule has 0 aromatic carbocycles. The predicted octanol–water partition coefficient (Wildman–Crippen LogP) is 2.13. The second-order valence-electron chi connectivity index (χ2n) is 7.14. The number of thioether (sulfide) groups is 1. The molecule has 6 nitrogen and oxygen atoms in total. The Morgan fingerprint density at radius 1 is 1.46 bits per heavy atom. The molecule has 1 spiro atoms. The number of carbonyl (C=O) groups excluding carboxylic acids is 1. The third kappa shape index (κ3) is 3.21. The minimum Gasteiger partial charge on any atom is -0.438 e. The lowest BCUT2D eigenvalue weighted by Crippen LogP contribution is -2.60. The van der Waals surface area contributed by atoms with Crippen molar-refractivity contribution in [1.29, 1.82) is 0 Å². The lowest BCUT2D eigenvalue weighted by atomic mass is 9.92. The number of hydrogen-bond donors (Lipinski definition) is 0. The standard InChI is InChI=1S/C17H24N2O4S/c1-12-15(23-11-18-12)16(20)19-9-17(10-19)6-14(8-24-17)22-7-13-2-4-21-5-3-13/h11,13-14H,2-10H2,1H3/t14-/m0/s1. The average Bonchev–Trinajstić information content (AvgIpc) is 3.18. The number of hydrogen-bond acceptors (Lipinski definition) is 6. The van der Waals surface area contributed by atoms with E-state index in [1.165, 1.54) is 6.39 Å². The Morgan fingerprint density at radius 3 is 2.96 bits per heavy atom. The van der Waals surface area contributed by atoms with Gasteiger partial charge >= 0.3 is 0 Å². The number of amides is 1. The summed E-state index contributed by atoms with van der Waals surface area (Å²) in [6.07, 6.45) is 4.93. The van der Waals surface area contributed by atoms with Gasteiger partial charge in [0.25, 0.3) is 5.91 Å². The Bertz CT molecular complexity index is 593. The first-order valence-corrected chi connectivity index (χ1v) is 9.66. The fraction of sp³-hybridized carbons (Fsp3) is 0.765. The highest BCUT2D eigenvalue weighted by Crippen LogP contribution is 2.46. The fourth-order valence-corrected chi connectivity index (χ4v) is 5.31. The zero-order valence-electron chi connectivity index (χ0n) is 14.0. The Labute approximate surface area is 146 Å². The zero-order valence-corrected chi connectivity index (χ0v) is 14.8. The second-order valence-corrected chi connectivity index (χ2v) is 8.63. The van der Waals surface area contributed by atoms with Crippen LogP contribution in [0.15, 0.2) is 10.8 Å². The molecule has 1 atom stereocenters. The quantitative estimate of drug-likeness (QED) is 0.827. The summed E-state index contributed by atoms with van der Waals surface area (Å²) in [5.41, 5.74) is 0.665. The molecule has 0 bridgehead atoms. The number of nitrogens with zero attached hydrogens (tertiary/aromatic N) is 2. The molecule has 1 aromatic rings. The van der Waals surface area contributed by atoms with E-state index in [0.29, 0.717) is 23.5 Å². The molecule has 132 valence electrons. The number of likely N-dealkylation sites (tertiary alicyclic amines) is 1. The van der Waals surface area contributed by atoms with E-state index < -0.39 is 0 Å². The van der Waals surface area contributed by atoms with Gasteiger partial charge in [-0.25, -0.2) is 4.98 Å².